The van der Waals surface area contributed by atoms with Gasteiger partial charge in [-0.2, -0.15) is 5.10 Å². The maximum absolute atomic E-state index is 14.0. The molecule has 7 heteroatoms. The van der Waals surface area contributed by atoms with Gasteiger partial charge in [-0.3, -0.25) is 14.8 Å². The second-order valence-electron chi connectivity index (χ2n) is 8.86. The van der Waals surface area contributed by atoms with Crippen molar-refractivity contribution in [3.8, 4) is 11.1 Å². The number of nitrogens with zero attached hydrogens (tertiary/aromatic N) is 4. The zero-order valence-electron chi connectivity index (χ0n) is 19.1. The predicted molar refractivity (Wildman–Crippen MR) is 134 cm³/mol. The molecule has 4 heterocycles. The van der Waals surface area contributed by atoms with Gasteiger partial charge in [-0.25, -0.2) is 8.91 Å². The van der Waals surface area contributed by atoms with Crippen LogP contribution in [0.5, 0.6) is 0 Å². The van der Waals surface area contributed by atoms with E-state index in [1.807, 2.05) is 60.4 Å². The van der Waals surface area contributed by atoms with Crippen molar-refractivity contribution < 1.29 is 10.6 Å². The number of hydrogen-bond acceptors (Lipinski definition) is 4. The maximum atomic E-state index is 14.0. The summed E-state index contributed by atoms with van der Waals surface area (Å²) in [4.78, 5) is 21.7. The Labute approximate surface area is 203 Å². The van der Waals surface area contributed by atoms with Crippen molar-refractivity contribution in [2.45, 2.75) is 19.8 Å². The maximum Gasteiger partial charge on any atom is 0.257 e. The van der Waals surface area contributed by atoms with Gasteiger partial charge in [0.1, 0.15) is 5.83 Å². The van der Waals surface area contributed by atoms with Gasteiger partial charge in [0, 0.05) is 60.9 Å². The Bertz CT molecular complexity index is 1570. The van der Waals surface area contributed by atoms with E-state index in [0.29, 0.717) is 24.1 Å². The number of pyridine rings is 3. The summed E-state index contributed by atoms with van der Waals surface area (Å²) in [6.45, 7) is 1.82. The predicted octanol–water partition coefficient (Wildman–Crippen LogP) is 5.53. The van der Waals surface area contributed by atoms with E-state index in [4.69, 9.17) is 0 Å². The first kappa shape index (κ1) is 21.2. The molecule has 35 heavy (non-hydrogen) atoms. The Morgan fingerprint density at radius 3 is 2.89 bits per heavy atom. The molecule has 0 aromatic carbocycles. The number of carbonyl (C=O) groups is 1. The summed E-state index contributed by atoms with van der Waals surface area (Å²) >= 11 is 0. The quantitative estimate of drug-likeness (QED) is 0.430. The minimum atomic E-state index is -0.304. The molecule has 2 aliphatic rings. The highest BCUT2D eigenvalue weighted by Crippen LogP contribution is 2.34. The summed E-state index contributed by atoms with van der Waals surface area (Å²) in [5.41, 5.74) is 7.79. The summed E-state index contributed by atoms with van der Waals surface area (Å²) in [6.07, 6.45) is 15.6. The zero-order valence-corrected chi connectivity index (χ0v) is 19.1. The van der Waals surface area contributed by atoms with Gasteiger partial charge >= 0.3 is 0 Å². The summed E-state index contributed by atoms with van der Waals surface area (Å²) in [5.74, 6) is -0.681. The lowest BCUT2D eigenvalue weighted by molar-refractivity contribution is 0.0966. The third kappa shape index (κ3) is 3.85. The van der Waals surface area contributed by atoms with Crippen LogP contribution < -0.4 is 5.32 Å². The first-order chi connectivity index (χ1) is 17.1. The number of fused-ring (bicyclic) bond motifs is 2. The Balaban J connectivity index is 0.00000267. The normalized spacial score (nSPS) is 17.0. The zero-order chi connectivity index (χ0) is 23.9. The van der Waals surface area contributed by atoms with Crippen LogP contribution >= 0.6 is 0 Å². The average Bonchev–Trinajstić information content (AvgIpc) is 3.50. The Morgan fingerprint density at radius 2 is 2.06 bits per heavy atom. The lowest BCUT2D eigenvalue weighted by atomic mass is 9.99. The van der Waals surface area contributed by atoms with Crippen LogP contribution in [-0.4, -0.2) is 25.5 Å². The Kier molecular flexibility index (Phi) is 5.10. The third-order valence-corrected chi connectivity index (χ3v) is 6.54. The third-order valence-electron chi connectivity index (χ3n) is 6.54. The van der Waals surface area contributed by atoms with Crippen LogP contribution in [0.15, 0.2) is 91.1 Å². The molecule has 174 valence electrons. The molecule has 0 saturated heterocycles. The highest BCUT2D eigenvalue weighted by atomic mass is 19.1. The van der Waals surface area contributed by atoms with Gasteiger partial charge in [0.15, 0.2) is 0 Å². The van der Waals surface area contributed by atoms with Gasteiger partial charge in [0.25, 0.3) is 5.91 Å². The minimum Gasteiger partial charge on any atom is -0.322 e. The lowest BCUT2D eigenvalue weighted by Gasteiger charge is -2.15. The Hall–Kier alpha value is -4.39. The second kappa shape index (κ2) is 8.43. The van der Waals surface area contributed by atoms with Crippen molar-refractivity contribution in [1.82, 2.24) is 24.9 Å². The summed E-state index contributed by atoms with van der Waals surface area (Å²) in [6, 6.07) is 9.90. The average molecular weight is 466 g/mol. The van der Waals surface area contributed by atoms with E-state index in [9.17, 15) is 9.18 Å². The van der Waals surface area contributed by atoms with E-state index in [-0.39, 0.29) is 19.1 Å². The highest BCUT2D eigenvalue weighted by Gasteiger charge is 2.21. The smallest absolute Gasteiger partial charge is 0.257 e. The first-order valence-corrected chi connectivity index (χ1v) is 11.5. The molecule has 0 aliphatic heterocycles. The number of allylic oxidation sites excluding steroid dienone is 4. The van der Waals surface area contributed by atoms with Gasteiger partial charge < -0.3 is 5.32 Å². The van der Waals surface area contributed by atoms with Gasteiger partial charge in [-0.15, -0.1) is 0 Å². The van der Waals surface area contributed by atoms with Crippen molar-refractivity contribution in [1.29, 1.82) is 0 Å². The SMILES string of the molecule is CC1CC=C(NC(=O)c2cnc3c(c2)C(c2ccn4ncc(-c5cccnc5)c4c2)=CC3)C=C1F.[HH]. The summed E-state index contributed by atoms with van der Waals surface area (Å²) < 4.78 is 15.8. The number of amides is 1. The minimum absolute atomic E-state index is 0. The largest absolute Gasteiger partial charge is 0.322 e. The lowest BCUT2D eigenvalue weighted by Crippen LogP contribution is -2.24. The van der Waals surface area contributed by atoms with E-state index in [0.717, 1.165) is 39.0 Å². The van der Waals surface area contributed by atoms with E-state index >= 15 is 0 Å². The van der Waals surface area contributed by atoms with E-state index in [1.54, 1.807) is 12.4 Å². The molecular formula is C28H24FN5O. The fraction of sp³-hybridized carbons (Fsp3) is 0.143. The number of halogens is 1. The molecule has 1 atom stereocenters. The molecule has 1 N–H and O–H groups in total. The number of hydrogen-bond donors (Lipinski definition) is 1. The van der Waals surface area contributed by atoms with Gasteiger partial charge in [-0.05, 0) is 47.9 Å². The van der Waals surface area contributed by atoms with E-state index in [2.05, 4.69) is 32.5 Å². The van der Waals surface area contributed by atoms with Gasteiger partial charge in [0.2, 0.25) is 0 Å². The monoisotopic (exact) mass is 465 g/mol. The van der Waals surface area contributed by atoms with Gasteiger partial charge in [0.05, 0.1) is 23.0 Å². The molecule has 4 aromatic heterocycles. The molecule has 0 saturated carbocycles. The molecule has 2 aliphatic carbocycles. The molecule has 0 radical (unpaired) electrons. The standard InChI is InChI=1S/C28H22FN5O.H2/c1-17-4-5-21(13-25(17)29)33-28(35)20-11-23-22(6-7-26(23)31-15-20)18-8-10-34-27(12-18)24(16-32-34)19-3-2-9-30-14-19;/h2-3,5-6,8-17H,4,7H2,1H3,(H,33,35);1H. The van der Waals surface area contributed by atoms with Crippen LogP contribution in [0.3, 0.4) is 0 Å². The summed E-state index contributed by atoms with van der Waals surface area (Å²) in [5, 5.41) is 7.28. The van der Waals surface area contributed by atoms with Crippen LogP contribution in [0.25, 0.3) is 22.2 Å². The highest BCUT2D eigenvalue weighted by molar-refractivity contribution is 5.97. The molecule has 1 unspecified atom stereocenters. The Morgan fingerprint density at radius 1 is 1.14 bits per heavy atom. The van der Waals surface area contributed by atoms with Crippen molar-refractivity contribution >= 4 is 17.0 Å². The van der Waals surface area contributed by atoms with Crippen LogP contribution in [0.4, 0.5) is 4.39 Å². The van der Waals surface area contributed by atoms with E-state index < -0.39 is 0 Å². The fourth-order valence-electron chi connectivity index (χ4n) is 4.54. The molecule has 1 amide bonds. The number of carbonyl (C=O) groups excluding carboxylic acids is 1. The van der Waals surface area contributed by atoms with Gasteiger partial charge in [-0.1, -0.05) is 25.1 Å². The second-order valence-corrected chi connectivity index (χ2v) is 8.86. The molecule has 6 rings (SSSR count). The first-order valence-electron chi connectivity index (χ1n) is 11.5. The molecule has 4 aromatic rings. The number of aromatic nitrogens is 4. The molecular weight excluding hydrogens is 441 g/mol. The van der Waals surface area contributed by atoms with Crippen LogP contribution in [0, 0.1) is 5.92 Å². The van der Waals surface area contributed by atoms with Crippen molar-refractivity contribution in [3.05, 3.63) is 113 Å². The van der Waals surface area contributed by atoms with Crippen LogP contribution in [0.2, 0.25) is 0 Å². The van der Waals surface area contributed by atoms with Crippen molar-refractivity contribution in [2.75, 3.05) is 0 Å². The van der Waals surface area contributed by atoms with Crippen molar-refractivity contribution in [2.24, 2.45) is 5.92 Å². The summed E-state index contributed by atoms with van der Waals surface area (Å²) in [7, 11) is 0. The molecule has 6 nitrogen and oxygen atoms in total. The number of rotatable bonds is 4. The molecule has 0 spiro atoms. The topological polar surface area (TPSA) is 72.2 Å². The molecule has 0 fully saturated rings. The van der Waals surface area contributed by atoms with Crippen molar-refractivity contribution in [3.63, 3.8) is 0 Å². The van der Waals surface area contributed by atoms with Crippen LogP contribution in [0.1, 0.15) is 42.0 Å². The van der Waals surface area contributed by atoms with Crippen LogP contribution in [-0.2, 0) is 6.42 Å². The fourth-order valence-corrected chi connectivity index (χ4v) is 4.54. The van der Waals surface area contributed by atoms with E-state index in [1.165, 1.54) is 6.08 Å². The molecule has 0 bridgehead atoms. The number of nitrogens with one attached hydrogen (secondary N) is 1.